The van der Waals surface area contributed by atoms with Crippen molar-refractivity contribution in [2.45, 2.75) is 52.7 Å². The average Bonchev–Trinajstić information content (AvgIpc) is 3.03. The molecule has 170 valence electrons. The largest absolute Gasteiger partial charge is 0.507 e. The monoisotopic (exact) mass is 437 g/mol. The molecule has 1 unspecified atom stereocenters. The topological polar surface area (TPSA) is 76.1 Å². The maximum Gasteiger partial charge on any atom is 0.295 e. The summed E-state index contributed by atoms with van der Waals surface area (Å²) in [5.41, 5.74) is 1.31. The van der Waals surface area contributed by atoms with E-state index in [2.05, 4.69) is 0 Å². The molecule has 3 rings (SSSR count). The van der Waals surface area contributed by atoms with Crippen LogP contribution in [0.15, 0.2) is 54.1 Å². The van der Waals surface area contributed by atoms with Gasteiger partial charge in [-0.25, -0.2) is 0 Å². The summed E-state index contributed by atoms with van der Waals surface area (Å²) in [6, 6.07) is 13.6. The Morgan fingerprint density at radius 3 is 2.16 bits per heavy atom. The number of Topliss-reactive ketones (excluding diaryl/α,β-unsaturated/α-hetero) is 1. The van der Waals surface area contributed by atoms with Crippen molar-refractivity contribution >= 4 is 17.4 Å². The van der Waals surface area contributed by atoms with Gasteiger partial charge in [-0.3, -0.25) is 9.59 Å². The number of ether oxygens (including phenoxy) is 2. The van der Waals surface area contributed by atoms with Crippen LogP contribution in [0.1, 0.15) is 57.7 Å². The molecule has 1 N–H and O–H groups in total. The number of carbonyl (C=O) groups is 2. The van der Waals surface area contributed by atoms with Gasteiger partial charge in [-0.1, -0.05) is 26.0 Å². The Morgan fingerprint density at radius 1 is 0.969 bits per heavy atom. The first-order valence-corrected chi connectivity index (χ1v) is 11.2. The van der Waals surface area contributed by atoms with Gasteiger partial charge >= 0.3 is 0 Å². The van der Waals surface area contributed by atoms with E-state index in [-0.39, 0.29) is 17.4 Å². The second kappa shape index (κ2) is 10.4. The molecular weight excluding hydrogens is 406 g/mol. The first kappa shape index (κ1) is 23.4. The molecule has 0 saturated carbocycles. The summed E-state index contributed by atoms with van der Waals surface area (Å²) in [7, 11) is 0. The summed E-state index contributed by atoms with van der Waals surface area (Å²) in [4.78, 5) is 27.3. The SMILES string of the molecule is CCCOc1ccc(/C(O)=C2/C(=O)C(=O)N(CCC)C2c2ccc(OC(C)C)cc2)cc1. The molecule has 0 aliphatic carbocycles. The lowest BCUT2D eigenvalue weighted by Gasteiger charge is -2.25. The molecule has 0 radical (unpaired) electrons. The summed E-state index contributed by atoms with van der Waals surface area (Å²) in [6.07, 6.45) is 1.63. The fraction of sp³-hybridized carbons (Fsp3) is 0.385. The number of ketones is 1. The molecule has 0 spiro atoms. The molecule has 32 heavy (non-hydrogen) atoms. The van der Waals surface area contributed by atoms with Gasteiger partial charge in [0.25, 0.3) is 11.7 Å². The first-order valence-electron chi connectivity index (χ1n) is 11.2. The van der Waals surface area contributed by atoms with Crippen LogP contribution in [0.3, 0.4) is 0 Å². The van der Waals surface area contributed by atoms with Gasteiger partial charge in [0.1, 0.15) is 17.3 Å². The van der Waals surface area contributed by atoms with E-state index in [1.165, 1.54) is 4.90 Å². The minimum Gasteiger partial charge on any atom is -0.507 e. The summed E-state index contributed by atoms with van der Waals surface area (Å²) in [6.45, 7) is 8.89. The highest BCUT2D eigenvalue weighted by Crippen LogP contribution is 2.40. The summed E-state index contributed by atoms with van der Waals surface area (Å²) in [5.74, 6) is -0.0546. The molecular formula is C26H31NO5. The van der Waals surface area contributed by atoms with Crippen molar-refractivity contribution in [1.29, 1.82) is 0 Å². The van der Waals surface area contributed by atoms with Crippen molar-refractivity contribution in [1.82, 2.24) is 4.90 Å². The molecule has 2 aromatic carbocycles. The lowest BCUT2D eigenvalue weighted by Crippen LogP contribution is -2.30. The summed E-state index contributed by atoms with van der Waals surface area (Å²) in [5, 5.41) is 11.1. The molecule has 1 aliphatic heterocycles. The third kappa shape index (κ3) is 4.96. The Balaban J connectivity index is 2.02. The van der Waals surface area contributed by atoms with Crippen LogP contribution in [0, 0.1) is 0 Å². The summed E-state index contributed by atoms with van der Waals surface area (Å²) < 4.78 is 11.3. The molecule has 6 nitrogen and oxygen atoms in total. The second-order valence-electron chi connectivity index (χ2n) is 8.10. The number of hydrogen-bond acceptors (Lipinski definition) is 5. The molecule has 1 heterocycles. The minimum absolute atomic E-state index is 0.0378. The van der Waals surface area contributed by atoms with Crippen molar-refractivity contribution in [3.8, 4) is 11.5 Å². The Bertz CT molecular complexity index is 976. The van der Waals surface area contributed by atoms with Gasteiger partial charge in [-0.05, 0) is 68.7 Å². The van der Waals surface area contributed by atoms with Gasteiger partial charge < -0.3 is 19.5 Å². The lowest BCUT2D eigenvalue weighted by atomic mass is 9.95. The predicted molar refractivity (Wildman–Crippen MR) is 124 cm³/mol. The third-order valence-electron chi connectivity index (χ3n) is 5.17. The Labute approximate surface area is 189 Å². The maximum atomic E-state index is 13.0. The normalized spacial score (nSPS) is 17.8. The van der Waals surface area contributed by atoms with E-state index in [0.717, 1.165) is 12.0 Å². The number of aliphatic hydroxyl groups is 1. The third-order valence-corrected chi connectivity index (χ3v) is 5.17. The second-order valence-corrected chi connectivity index (χ2v) is 8.10. The zero-order valence-electron chi connectivity index (χ0n) is 19.1. The number of carbonyl (C=O) groups excluding carboxylic acids is 2. The minimum atomic E-state index is -0.672. The van der Waals surface area contributed by atoms with E-state index in [0.29, 0.717) is 36.6 Å². The zero-order chi connectivity index (χ0) is 23.3. The van der Waals surface area contributed by atoms with Crippen molar-refractivity contribution in [3.05, 3.63) is 65.2 Å². The van der Waals surface area contributed by atoms with Crippen LogP contribution >= 0.6 is 0 Å². The predicted octanol–water partition coefficient (Wildman–Crippen LogP) is 5.09. The summed E-state index contributed by atoms with van der Waals surface area (Å²) >= 11 is 0. The van der Waals surface area contributed by atoms with Crippen LogP contribution in [0.5, 0.6) is 11.5 Å². The Morgan fingerprint density at radius 2 is 1.59 bits per heavy atom. The zero-order valence-corrected chi connectivity index (χ0v) is 19.1. The Hall–Kier alpha value is -3.28. The average molecular weight is 438 g/mol. The number of hydrogen-bond donors (Lipinski definition) is 1. The molecule has 2 aromatic rings. The van der Waals surface area contributed by atoms with Crippen LogP contribution in [0.4, 0.5) is 0 Å². The van der Waals surface area contributed by atoms with E-state index in [1.807, 2.05) is 52.0 Å². The fourth-order valence-corrected chi connectivity index (χ4v) is 3.78. The van der Waals surface area contributed by atoms with Crippen LogP contribution in [0.2, 0.25) is 0 Å². The van der Waals surface area contributed by atoms with Gasteiger partial charge in [0.05, 0.1) is 24.3 Å². The highest BCUT2D eigenvalue weighted by molar-refractivity contribution is 6.46. The van der Waals surface area contributed by atoms with Gasteiger partial charge in [-0.15, -0.1) is 0 Å². The number of likely N-dealkylation sites (tertiary alicyclic amines) is 1. The van der Waals surface area contributed by atoms with Gasteiger partial charge in [0.2, 0.25) is 0 Å². The van der Waals surface area contributed by atoms with Crippen LogP contribution in [0.25, 0.3) is 5.76 Å². The van der Waals surface area contributed by atoms with Gasteiger partial charge in [0.15, 0.2) is 0 Å². The standard InChI is InChI=1S/C26H31NO5/c1-5-15-27-23(18-7-13-21(14-8-18)32-17(3)4)22(25(29)26(27)30)24(28)19-9-11-20(12-10-19)31-16-6-2/h7-14,17,23,28H,5-6,15-16H2,1-4H3/b24-22-. The number of nitrogens with zero attached hydrogens (tertiary/aromatic N) is 1. The van der Waals surface area contributed by atoms with E-state index in [9.17, 15) is 14.7 Å². The molecule has 0 aromatic heterocycles. The number of rotatable bonds is 9. The van der Waals surface area contributed by atoms with E-state index in [4.69, 9.17) is 9.47 Å². The van der Waals surface area contributed by atoms with Gasteiger partial charge in [-0.2, -0.15) is 0 Å². The van der Waals surface area contributed by atoms with E-state index < -0.39 is 17.7 Å². The molecule has 1 saturated heterocycles. The van der Waals surface area contributed by atoms with E-state index >= 15 is 0 Å². The van der Waals surface area contributed by atoms with Crippen molar-refractivity contribution in [2.75, 3.05) is 13.2 Å². The highest BCUT2D eigenvalue weighted by atomic mass is 16.5. The first-order chi connectivity index (χ1) is 15.4. The lowest BCUT2D eigenvalue weighted by molar-refractivity contribution is -0.139. The van der Waals surface area contributed by atoms with Gasteiger partial charge in [0, 0.05) is 12.1 Å². The van der Waals surface area contributed by atoms with E-state index in [1.54, 1.807) is 24.3 Å². The fourth-order valence-electron chi connectivity index (χ4n) is 3.78. The van der Waals surface area contributed by atoms with Crippen molar-refractivity contribution in [3.63, 3.8) is 0 Å². The molecule has 0 bridgehead atoms. The highest BCUT2D eigenvalue weighted by Gasteiger charge is 2.45. The Kier molecular flexibility index (Phi) is 7.57. The molecule has 1 fully saturated rings. The molecule has 6 heteroatoms. The quantitative estimate of drug-likeness (QED) is 0.336. The maximum absolute atomic E-state index is 13.0. The van der Waals surface area contributed by atoms with Crippen molar-refractivity contribution in [2.24, 2.45) is 0 Å². The number of aliphatic hydroxyl groups excluding tert-OH is 1. The molecule has 1 amide bonds. The van der Waals surface area contributed by atoms with Crippen LogP contribution in [-0.2, 0) is 9.59 Å². The van der Waals surface area contributed by atoms with Crippen molar-refractivity contribution < 1.29 is 24.2 Å². The number of amides is 1. The number of benzene rings is 2. The van der Waals surface area contributed by atoms with Crippen LogP contribution < -0.4 is 9.47 Å². The smallest absolute Gasteiger partial charge is 0.295 e. The molecule has 1 atom stereocenters. The molecule has 1 aliphatic rings. The van der Waals surface area contributed by atoms with Crippen LogP contribution in [-0.4, -0.2) is 41.0 Å².